The fraction of sp³-hybridized carbons (Fsp3) is 0.591. The average molecular weight is 375 g/mol. The van der Waals surface area contributed by atoms with Gasteiger partial charge in [0.25, 0.3) is 0 Å². The first-order chi connectivity index (χ1) is 13.0. The molecule has 0 aliphatic heterocycles. The smallest absolute Gasteiger partial charge is 0.244 e. The molecule has 0 aromatic heterocycles. The van der Waals surface area contributed by atoms with E-state index in [0.29, 0.717) is 24.7 Å². The van der Waals surface area contributed by atoms with E-state index in [2.05, 4.69) is 24.3 Å². The summed E-state index contributed by atoms with van der Waals surface area (Å²) in [5, 5.41) is 3.11. The predicted molar refractivity (Wildman–Crippen MR) is 110 cm³/mol. The van der Waals surface area contributed by atoms with Crippen molar-refractivity contribution in [2.45, 2.75) is 51.0 Å². The molecule has 0 atom stereocenters. The molecule has 5 nitrogen and oxygen atoms in total. The van der Waals surface area contributed by atoms with Gasteiger partial charge >= 0.3 is 0 Å². The highest BCUT2D eigenvalue weighted by Gasteiger charge is 2.33. The molecule has 150 valence electrons. The van der Waals surface area contributed by atoms with Crippen molar-refractivity contribution in [1.82, 2.24) is 10.2 Å². The van der Waals surface area contributed by atoms with Crippen LogP contribution < -0.4 is 14.8 Å². The first-order valence-corrected chi connectivity index (χ1v) is 9.95. The minimum Gasteiger partial charge on any atom is -0.493 e. The summed E-state index contributed by atoms with van der Waals surface area (Å²) in [6.45, 7) is 3.19. The molecule has 5 heteroatoms. The maximum absolute atomic E-state index is 12.4. The predicted octanol–water partition coefficient (Wildman–Crippen LogP) is 3.88. The minimum atomic E-state index is -0.0609. The van der Waals surface area contributed by atoms with Crippen LogP contribution in [0.2, 0.25) is 0 Å². The fourth-order valence-corrected chi connectivity index (χ4v) is 3.72. The quantitative estimate of drug-likeness (QED) is 0.554. The standard InChI is InChI=1S/C22H34N2O3/c1-5-27-20-16-18(10-12-19(20)26-4)11-13-21(25)23-17-22(24(2)3)14-8-6-7-9-15-22/h10-13,16H,5-9,14-15,17H2,1-4H3,(H,23,25)/b13-11+. The molecule has 0 spiro atoms. The van der Waals surface area contributed by atoms with Gasteiger partial charge in [-0.25, -0.2) is 0 Å². The van der Waals surface area contributed by atoms with Gasteiger partial charge in [-0.2, -0.15) is 0 Å². The Kier molecular flexibility index (Phi) is 8.17. The molecule has 1 amide bonds. The molecular weight excluding hydrogens is 340 g/mol. The third-order valence-corrected chi connectivity index (χ3v) is 5.49. The summed E-state index contributed by atoms with van der Waals surface area (Å²) < 4.78 is 10.9. The van der Waals surface area contributed by atoms with Crippen LogP contribution in [0.1, 0.15) is 51.0 Å². The number of nitrogens with zero attached hydrogens (tertiary/aromatic N) is 1. The van der Waals surface area contributed by atoms with Gasteiger partial charge in [-0.15, -0.1) is 0 Å². The Morgan fingerprint density at radius 3 is 2.48 bits per heavy atom. The molecule has 1 aromatic rings. The van der Waals surface area contributed by atoms with Gasteiger partial charge in [-0.05, 0) is 57.6 Å². The van der Waals surface area contributed by atoms with Crippen molar-refractivity contribution >= 4 is 12.0 Å². The summed E-state index contributed by atoms with van der Waals surface area (Å²) in [5.74, 6) is 1.32. The number of carbonyl (C=O) groups excluding carboxylic acids is 1. The maximum atomic E-state index is 12.4. The lowest BCUT2D eigenvalue weighted by Gasteiger charge is -2.39. The summed E-state index contributed by atoms with van der Waals surface area (Å²) in [5.41, 5.74) is 0.980. The molecule has 0 bridgehead atoms. The molecule has 1 aliphatic rings. The van der Waals surface area contributed by atoms with Crippen LogP contribution in [-0.4, -0.2) is 50.7 Å². The van der Waals surface area contributed by atoms with Gasteiger partial charge in [-0.3, -0.25) is 4.79 Å². The largest absolute Gasteiger partial charge is 0.493 e. The van der Waals surface area contributed by atoms with Crippen LogP contribution in [0.5, 0.6) is 11.5 Å². The molecule has 0 unspecified atom stereocenters. The minimum absolute atomic E-state index is 0.0609. The van der Waals surface area contributed by atoms with Crippen LogP contribution in [0.4, 0.5) is 0 Å². The van der Waals surface area contributed by atoms with Crippen molar-refractivity contribution in [3.8, 4) is 11.5 Å². The average Bonchev–Trinajstić information content (AvgIpc) is 2.92. The van der Waals surface area contributed by atoms with Crippen molar-refractivity contribution in [2.75, 3.05) is 34.4 Å². The number of hydrogen-bond acceptors (Lipinski definition) is 4. The number of carbonyl (C=O) groups is 1. The normalized spacial score (nSPS) is 16.9. The van der Waals surface area contributed by atoms with Gasteiger partial charge < -0.3 is 19.7 Å². The Labute approximate surface area is 163 Å². The summed E-state index contributed by atoms with van der Waals surface area (Å²) in [6, 6.07) is 5.66. The zero-order valence-corrected chi connectivity index (χ0v) is 17.2. The molecule has 2 rings (SSSR count). The number of amides is 1. The monoisotopic (exact) mass is 374 g/mol. The molecular formula is C22H34N2O3. The van der Waals surface area contributed by atoms with Crippen molar-refractivity contribution in [3.05, 3.63) is 29.8 Å². The zero-order valence-electron chi connectivity index (χ0n) is 17.2. The Bertz CT molecular complexity index is 632. The molecule has 0 saturated heterocycles. The van der Waals surface area contributed by atoms with E-state index in [1.54, 1.807) is 13.2 Å². The van der Waals surface area contributed by atoms with Gasteiger partial charge in [0, 0.05) is 18.2 Å². The number of hydrogen-bond donors (Lipinski definition) is 1. The van der Waals surface area contributed by atoms with Crippen LogP contribution in [-0.2, 0) is 4.79 Å². The molecule has 0 radical (unpaired) electrons. The third-order valence-electron chi connectivity index (χ3n) is 5.49. The van der Waals surface area contributed by atoms with Crippen LogP contribution >= 0.6 is 0 Å². The number of likely N-dealkylation sites (N-methyl/N-ethyl adjacent to an activating group) is 1. The second-order valence-electron chi connectivity index (χ2n) is 7.43. The first-order valence-electron chi connectivity index (χ1n) is 9.95. The highest BCUT2D eigenvalue weighted by Crippen LogP contribution is 2.31. The van der Waals surface area contributed by atoms with E-state index in [1.165, 1.54) is 25.7 Å². The number of benzene rings is 1. The van der Waals surface area contributed by atoms with E-state index in [4.69, 9.17) is 9.47 Å². The number of ether oxygens (including phenoxy) is 2. The lowest BCUT2D eigenvalue weighted by atomic mass is 9.88. The van der Waals surface area contributed by atoms with Crippen molar-refractivity contribution < 1.29 is 14.3 Å². The molecule has 1 aliphatic carbocycles. The SMILES string of the molecule is CCOc1cc(/C=C/C(=O)NCC2(N(C)C)CCCCCC2)ccc1OC. The molecule has 1 N–H and O–H groups in total. The summed E-state index contributed by atoms with van der Waals surface area (Å²) in [7, 11) is 5.87. The highest BCUT2D eigenvalue weighted by atomic mass is 16.5. The van der Waals surface area contributed by atoms with Gasteiger partial charge in [-0.1, -0.05) is 31.7 Å². The van der Waals surface area contributed by atoms with E-state index in [9.17, 15) is 4.79 Å². The number of methoxy groups -OCH3 is 1. The van der Waals surface area contributed by atoms with Crippen LogP contribution in [0.3, 0.4) is 0 Å². The zero-order chi connectivity index (χ0) is 19.7. The Morgan fingerprint density at radius 1 is 1.19 bits per heavy atom. The van der Waals surface area contributed by atoms with E-state index >= 15 is 0 Å². The summed E-state index contributed by atoms with van der Waals surface area (Å²) in [4.78, 5) is 14.7. The van der Waals surface area contributed by atoms with Gasteiger partial charge in [0.1, 0.15) is 0 Å². The van der Waals surface area contributed by atoms with Crippen molar-refractivity contribution in [2.24, 2.45) is 0 Å². The number of rotatable bonds is 8. The van der Waals surface area contributed by atoms with Crippen LogP contribution in [0, 0.1) is 0 Å². The topological polar surface area (TPSA) is 50.8 Å². The first kappa shape index (κ1) is 21.3. The second kappa shape index (κ2) is 10.4. The molecule has 1 saturated carbocycles. The highest BCUT2D eigenvalue weighted by molar-refractivity contribution is 5.91. The molecule has 1 aromatic carbocycles. The third kappa shape index (κ3) is 5.99. The Hall–Kier alpha value is -2.01. The van der Waals surface area contributed by atoms with Gasteiger partial charge in [0.2, 0.25) is 5.91 Å². The van der Waals surface area contributed by atoms with Crippen molar-refractivity contribution in [3.63, 3.8) is 0 Å². The Balaban J connectivity index is 1.99. The fourth-order valence-electron chi connectivity index (χ4n) is 3.72. The lowest BCUT2D eigenvalue weighted by Crippen LogP contribution is -2.52. The van der Waals surface area contributed by atoms with E-state index in [-0.39, 0.29) is 11.4 Å². The van der Waals surface area contributed by atoms with Crippen LogP contribution in [0.25, 0.3) is 6.08 Å². The molecule has 0 heterocycles. The van der Waals surface area contributed by atoms with E-state index in [0.717, 1.165) is 18.4 Å². The van der Waals surface area contributed by atoms with Gasteiger partial charge in [0.05, 0.1) is 13.7 Å². The summed E-state index contributed by atoms with van der Waals surface area (Å²) in [6.07, 6.45) is 10.7. The molecule has 27 heavy (non-hydrogen) atoms. The second-order valence-corrected chi connectivity index (χ2v) is 7.43. The van der Waals surface area contributed by atoms with Gasteiger partial charge in [0.15, 0.2) is 11.5 Å². The summed E-state index contributed by atoms with van der Waals surface area (Å²) >= 11 is 0. The van der Waals surface area contributed by atoms with E-state index in [1.807, 2.05) is 31.2 Å². The number of nitrogens with one attached hydrogen (secondary N) is 1. The van der Waals surface area contributed by atoms with Crippen molar-refractivity contribution in [1.29, 1.82) is 0 Å². The van der Waals surface area contributed by atoms with Crippen LogP contribution in [0.15, 0.2) is 24.3 Å². The lowest BCUT2D eigenvalue weighted by molar-refractivity contribution is -0.117. The molecule has 1 fully saturated rings. The van der Waals surface area contributed by atoms with E-state index < -0.39 is 0 Å². The Morgan fingerprint density at radius 2 is 1.89 bits per heavy atom. The maximum Gasteiger partial charge on any atom is 0.244 e.